The van der Waals surface area contributed by atoms with Crippen LogP contribution in [0.4, 0.5) is 5.82 Å². The Bertz CT molecular complexity index is 779. The maximum Gasteiger partial charge on any atom is 0.330 e. The van der Waals surface area contributed by atoms with Gasteiger partial charge in [0.05, 0.1) is 19.8 Å². The molecule has 0 saturated carbocycles. The number of aromatic nitrogens is 2. The van der Waals surface area contributed by atoms with Crippen molar-refractivity contribution in [3.8, 4) is 11.5 Å². The van der Waals surface area contributed by atoms with E-state index in [1.807, 2.05) is 18.2 Å². The van der Waals surface area contributed by atoms with Crippen LogP contribution >= 0.6 is 0 Å². The van der Waals surface area contributed by atoms with Gasteiger partial charge >= 0.3 is 5.69 Å². The van der Waals surface area contributed by atoms with Crippen LogP contribution in [-0.2, 0) is 6.54 Å². The van der Waals surface area contributed by atoms with Crippen molar-refractivity contribution in [1.29, 1.82) is 0 Å². The summed E-state index contributed by atoms with van der Waals surface area (Å²) in [7, 11) is 0. The van der Waals surface area contributed by atoms with Crippen molar-refractivity contribution in [2.45, 2.75) is 13.0 Å². The Kier molecular flexibility index (Phi) is 3.39. The van der Waals surface area contributed by atoms with Gasteiger partial charge < -0.3 is 15.2 Å². The van der Waals surface area contributed by atoms with Crippen molar-refractivity contribution in [2.24, 2.45) is 0 Å². The van der Waals surface area contributed by atoms with Crippen molar-refractivity contribution in [1.82, 2.24) is 9.55 Å². The van der Waals surface area contributed by atoms with E-state index in [4.69, 9.17) is 15.2 Å². The summed E-state index contributed by atoms with van der Waals surface area (Å²) in [5.74, 6) is 1.47. The summed E-state index contributed by atoms with van der Waals surface area (Å²) < 4.78 is 12.4. The zero-order valence-electron chi connectivity index (χ0n) is 11.3. The summed E-state index contributed by atoms with van der Waals surface area (Å²) in [6.07, 6.45) is 0.830. The van der Waals surface area contributed by atoms with E-state index >= 15 is 0 Å². The lowest BCUT2D eigenvalue weighted by Gasteiger charge is -2.11. The Morgan fingerprint density at radius 1 is 1.14 bits per heavy atom. The van der Waals surface area contributed by atoms with Gasteiger partial charge in [-0.2, -0.15) is 0 Å². The highest BCUT2D eigenvalue weighted by atomic mass is 16.5. The van der Waals surface area contributed by atoms with Crippen molar-refractivity contribution in [3.05, 3.63) is 50.7 Å². The highest BCUT2D eigenvalue weighted by Gasteiger charge is 2.12. The molecular formula is C14H15N3O4. The maximum absolute atomic E-state index is 11.8. The molecule has 2 heterocycles. The number of H-pyrrole nitrogens is 1. The number of benzene rings is 1. The Balaban J connectivity index is 1.94. The van der Waals surface area contributed by atoms with Crippen LogP contribution in [0, 0.1) is 0 Å². The Labute approximate surface area is 119 Å². The van der Waals surface area contributed by atoms with Gasteiger partial charge in [0.1, 0.15) is 5.82 Å². The van der Waals surface area contributed by atoms with Crippen molar-refractivity contribution >= 4 is 5.82 Å². The molecule has 0 aliphatic carbocycles. The second-order valence-corrected chi connectivity index (χ2v) is 4.78. The Morgan fingerprint density at radius 2 is 1.90 bits per heavy atom. The predicted molar refractivity (Wildman–Crippen MR) is 76.9 cm³/mol. The third-order valence-electron chi connectivity index (χ3n) is 3.22. The first-order valence-corrected chi connectivity index (χ1v) is 6.61. The van der Waals surface area contributed by atoms with Crippen LogP contribution in [0.5, 0.6) is 11.5 Å². The normalized spacial score (nSPS) is 13.7. The molecule has 0 fully saturated rings. The number of nitrogens with two attached hydrogens (primary N) is 1. The fraction of sp³-hybridized carbons (Fsp3) is 0.286. The van der Waals surface area contributed by atoms with E-state index in [0.717, 1.165) is 12.0 Å². The molecule has 2 aromatic rings. The first-order valence-electron chi connectivity index (χ1n) is 6.61. The predicted octanol–water partition coefficient (Wildman–Crippen LogP) is 0.328. The number of nitrogen functional groups attached to an aromatic ring is 1. The second kappa shape index (κ2) is 5.35. The molecule has 1 aliphatic rings. The number of ether oxygens (including phenoxy) is 2. The van der Waals surface area contributed by atoms with E-state index in [1.165, 1.54) is 10.6 Å². The minimum Gasteiger partial charge on any atom is -0.490 e. The molecule has 7 nitrogen and oxygen atoms in total. The molecule has 0 radical (unpaired) electrons. The zero-order chi connectivity index (χ0) is 14.8. The minimum absolute atomic E-state index is 0.121. The van der Waals surface area contributed by atoms with Gasteiger partial charge in [-0.3, -0.25) is 14.3 Å². The van der Waals surface area contributed by atoms with E-state index in [-0.39, 0.29) is 12.4 Å². The smallest absolute Gasteiger partial charge is 0.330 e. The first-order chi connectivity index (χ1) is 10.1. The number of anilines is 1. The largest absolute Gasteiger partial charge is 0.490 e. The molecule has 0 amide bonds. The SMILES string of the molecule is Nc1cc(=O)[nH]c(=O)n1Cc1ccc2c(c1)OCCCO2. The van der Waals surface area contributed by atoms with Crippen molar-refractivity contribution in [3.63, 3.8) is 0 Å². The topological polar surface area (TPSA) is 99.3 Å². The summed E-state index contributed by atoms with van der Waals surface area (Å²) >= 11 is 0. The number of hydrogen-bond donors (Lipinski definition) is 2. The Hall–Kier alpha value is -2.70. The molecule has 0 spiro atoms. The molecule has 0 unspecified atom stereocenters. The number of fused-ring (bicyclic) bond motifs is 1. The maximum atomic E-state index is 11.8. The third-order valence-corrected chi connectivity index (χ3v) is 3.22. The first kappa shape index (κ1) is 13.3. The van der Waals surface area contributed by atoms with Gasteiger partial charge in [-0.15, -0.1) is 0 Å². The van der Waals surface area contributed by atoms with Crippen LogP contribution in [0.1, 0.15) is 12.0 Å². The number of nitrogens with zero attached hydrogens (tertiary/aromatic N) is 1. The second-order valence-electron chi connectivity index (χ2n) is 4.78. The summed E-state index contributed by atoms with van der Waals surface area (Å²) in [5.41, 5.74) is 5.51. The van der Waals surface area contributed by atoms with E-state index in [9.17, 15) is 9.59 Å². The molecule has 3 rings (SSSR count). The molecular weight excluding hydrogens is 274 g/mol. The number of nitrogens with one attached hydrogen (secondary N) is 1. The van der Waals surface area contributed by atoms with Gasteiger partial charge in [0.2, 0.25) is 0 Å². The van der Waals surface area contributed by atoms with E-state index in [1.54, 1.807) is 0 Å². The fourth-order valence-corrected chi connectivity index (χ4v) is 2.19. The highest BCUT2D eigenvalue weighted by Crippen LogP contribution is 2.30. The quantitative estimate of drug-likeness (QED) is 0.830. The van der Waals surface area contributed by atoms with E-state index in [0.29, 0.717) is 24.7 Å². The molecule has 1 aromatic heterocycles. The van der Waals surface area contributed by atoms with Crippen LogP contribution in [-0.4, -0.2) is 22.8 Å². The van der Waals surface area contributed by atoms with Crippen LogP contribution in [0.25, 0.3) is 0 Å². The number of hydrogen-bond acceptors (Lipinski definition) is 5. The summed E-state index contributed by atoms with van der Waals surface area (Å²) in [6.45, 7) is 1.47. The average Bonchev–Trinajstić information content (AvgIpc) is 2.67. The Morgan fingerprint density at radius 3 is 2.67 bits per heavy atom. The molecule has 1 aliphatic heterocycles. The van der Waals surface area contributed by atoms with Crippen molar-refractivity contribution < 1.29 is 9.47 Å². The molecule has 0 saturated heterocycles. The van der Waals surface area contributed by atoms with E-state index in [2.05, 4.69) is 4.98 Å². The average molecular weight is 289 g/mol. The molecule has 0 bridgehead atoms. The molecule has 3 N–H and O–H groups in total. The zero-order valence-corrected chi connectivity index (χ0v) is 11.3. The summed E-state index contributed by atoms with van der Waals surface area (Å²) in [6, 6.07) is 6.65. The lowest BCUT2D eigenvalue weighted by Crippen LogP contribution is -2.31. The van der Waals surface area contributed by atoms with Gasteiger partial charge in [0.15, 0.2) is 11.5 Å². The monoisotopic (exact) mass is 289 g/mol. The molecule has 110 valence electrons. The number of rotatable bonds is 2. The van der Waals surface area contributed by atoms with Gasteiger partial charge in [0, 0.05) is 12.5 Å². The van der Waals surface area contributed by atoms with E-state index < -0.39 is 11.2 Å². The molecule has 21 heavy (non-hydrogen) atoms. The van der Waals surface area contributed by atoms with Crippen LogP contribution in [0.3, 0.4) is 0 Å². The van der Waals surface area contributed by atoms with Crippen molar-refractivity contribution in [2.75, 3.05) is 18.9 Å². The fourth-order valence-electron chi connectivity index (χ4n) is 2.19. The summed E-state index contributed by atoms with van der Waals surface area (Å²) in [5, 5.41) is 0. The lowest BCUT2D eigenvalue weighted by molar-refractivity contribution is 0.297. The number of aromatic amines is 1. The van der Waals surface area contributed by atoms with Crippen LogP contribution in [0.2, 0.25) is 0 Å². The minimum atomic E-state index is -0.535. The van der Waals surface area contributed by atoms with Crippen LogP contribution in [0.15, 0.2) is 33.9 Å². The lowest BCUT2D eigenvalue weighted by atomic mass is 10.2. The standard InChI is InChI=1S/C14H15N3O4/c15-12-7-13(18)16-14(19)17(12)8-9-2-3-10-11(6-9)21-5-1-4-20-10/h2-3,6-7H,1,4-5,8,15H2,(H,16,18,19). The summed E-state index contributed by atoms with van der Waals surface area (Å²) in [4.78, 5) is 25.1. The van der Waals surface area contributed by atoms with Crippen LogP contribution < -0.4 is 26.5 Å². The van der Waals surface area contributed by atoms with Gasteiger partial charge in [-0.25, -0.2) is 4.79 Å². The molecule has 1 aromatic carbocycles. The van der Waals surface area contributed by atoms with Gasteiger partial charge in [-0.05, 0) is 17.7 Å². The third kappa shape index (κ3) is 2.76. The molecule has 7 heteroatoms. The van der Waals surface area contributed by atoms with Gasteiger partial charge in [0.25, 0.3) is 5.56 Å². The highest BCUT2D eigenvalue weighted by molar-refractivity contribution is 5.43. The van der Waals surface area contributed by atoms with Gasteiger partial charge in [-0.1, -0.05) is 6.07 Å². The molecule has 0 atom stereocenters.